The van der Waals surface area contributed by atoms with E-state index in [1.54, 1.807) is 7.11 Å². The molecule has 0 unspecified atom stereocenters. The zero-order valence-corrected chi connectivity index (χ0v) is 6.76. The van der Waals surface area contributed by atoms with Gasteiger partial charge in [0, 0.05) is 19.6 Å². The summed E-state index contributed by atoms with van der Waals surface area (Å²) in [6.07, 6.45) is 2.59. The highest BCUT2D eigenvalue weighted by Gasteiger charge is 2.15. The van der Waals surface area contributed by atoms with Gasteiger partial charge in [0.25, 0.3) is 0 Å². The average molecular weight is 144 g/mol. The van der Waals surface area contributed by atoms with Crippen molar-refractivity contribution in [1.82, 2.24) is 10.4 Å². The van der Waals surface area contributed by atoms with E-state index in [2.05, 4.69) is 5.32 Å². The lowest BCUT2D eigenvalue weighted by Gasteiger charge is -2.17. The summed E-state index contributed by atoms with van der Waals surface area (Å²) >= 11 is 0. The van der Waals surface area contributed by atoms with E-state index < -0.39 is 0 Å². The molecule has 1 saturated heterocycles. The summed E-state index contributed by atoms with van der Waals surface area (Å²) in [5.41, 5.74) is 0. The second-order valence-corrected chi connectivity index (χ2v) is 2.79. The summed E-state index contributed by atoms with van der Waals surface area (Å²) in [5, 5.41) is 5.26. The van der Waals surface area contributed by atoms with E-state index >= 15 is 0 Å². The largest absolute Gasteiger partial charge is 0.313 e. The van der Waals surface area contributed by atoms with Crippen LogP contribution in [0, 0.1) is 0 Å². The van der Waals surface area contributed by atoms with Crippen LogP contribution in [0.2, 0.25) is 0 Å². The molecule has 0 aromatic rings. The molecule has 0 aromatic carbocycles. The van der Waals surface area contributed by atoms with Crippen molar-refractivity contribution < 1.29 is 4.84 Å². The lowest BCUT2D eigenvalue weighted by atomic mass is 10.2. The van der Waals surface area contributed by atoms with Crippen LogP contribution in [0.5, 0.6) is 0 Å². The first-order valence-corrected chi connectivity index (χ1v) is 3.81. The molecule has 0 saturated carbocycles. The van der Waals surface area contributed by atoms with Crippen LogP contribution < -0.4 is 5.32 Å². The number of hydrogen-bond acceptors (Lipinski definition) is 3. The molecule has 1 fully saturated rings. The number of hydroxylamine groups is 2. The molecule has 1 heterocycles. The minimum atomic E-state index is 0.643. The molecule has 10 heavy (non-hydrogen) atoms. The summed E-state index contributed by atoms with van der Waals surface area (Å²) < 4.78 is 0. The van der Waals surface area contributed by atoms with Crippen LogP contribution in [-0.4, -0.2) is 38.4 Å². The Kier molecular flexibility index (Phi) is 3.12. The molecular weight excluding hydrogens is 128 g/mol. The fraction of sp³-hybridized carbons (Fsp3) is 1.00. The number of rotatable bonds is 3. The molecule has 3 heteroatoms. The standard InChI is InChI=1S/C7H16N2O/c1-9(10-2)6-7-4-3-5-8-7/h7-8H,3-6H2,1-2H3/t7-/m0/s1. The van der Waals surface area contributed by atoms with Gasteiger partial charge >= 0.3 is 0 Å². The van der Waals surface area contributed by atoms with E-state index in [0.717, 1.165) is 6.54 Å². The zero-order chi connectivity index (χ0) is 7.40. The number of nitrogens with one attached hydrogen (secondary N) is 1. The minimum absolute atomic E-state index is 0.643. The monoisotopic (exact) mass is 144 g/mol. The van der Waals surface area contributed by atoms with Gasteiger partial charge in [-0.25, -0.2) is 0 Å². The van der Waals surface area contributed by atoms with Crippen molar-refractivity contribution in [1.29, 1.82) is 0 Å². The lowest BCUT2D eigenvalue weighted by Crippen LogP contribution is -2.34. The normalized spacial score (nSPS) is 26.1. The van der Waals surface area contributed by atoms with Crippen molar-refractivity contribution in [2.24, 2.45) is 0 Å². The number of hydrogen-bond donors (Lipinski definition) is 1. The van der Waals surface area contributed by atoms with Crippen LogP contribution in [-0.2, 0) is 4.84 Å². The molecule has 0 aromatic heterocycles. The Morgan fingerprint density at radius 1 is 1.70 bits per heavy atom. The van der Waals surface area contributed by atoms with Gasteiger partial charge in [-0.05, 0) is 19.4 Å². The third-order valence-electron chi connectivity index (χ3n) is 1.95. The van der Waals surface area contributed by atoms with Crippen molar-refractivity contribution in [3.8, 4) is 0 Å². The minimum Gasteiger partial charge on any atom is -0.313 e. The summed E-state index contributed by atoms with van der Waals surface area (Å²) in [4.78, 5) is 5.01. The SMILES string of the molecule is CON(C)C[C@@H]1CCCN1. The van der Waals surface area contributed by atoms with Gasteiger partial charge in [-0.3, -0.25) is 0 Å². The molecule has 0 radical (unpaired) electrons. The van der Waals surface area contributed by atoms with Gasteiger partial charge < -0.3 is 10.2 Å². The van der Waals surface area contributed by atoms with E-state index in [1.807, 2.05) is 12.1 Å². The first-order chi connectivity index (χ1) is 4.83. The van der Waals surface area contributed by atoms with Crippen molar-refractivity contribution in [3.63, 3.8) is 0 Å². The van der Waals surface area contributed by atoms with Gasteiger partial charge in [0.05, 0.1) is 7.11 Å². The fourth-order valence-corrected chi connectivity index (χ4v) is 1.30. The Balaban J connectivity index is 2.11. The smallest absolute Gasteiger partial charge is 0.0575 e. The summed E-state index contributed by atoms with van der Waals surface area (Å²) in [7, 11) is 3.66. The highest BCUT2D eigenvalue weighted by Crippen LogP contribution is 2.05. The van der Waals surface area contributed by atoms with Crippen molar-refractivity contribution in [2.75, 3.05) is 27.2 Å². The molecule has 0 amide bonds. The highest BCUT2D eigenvalue weighted by atomic mass is 16.7. The topological polar surface area (TPSA) is 24.5 Å². The lowest BCUT2D eigenvalue weighted by molar-refractivity contribution is -0.112. The Morgan fingerprint density at radius 2 is 2.50 bits per heavy atom. The number of likely N-dealkylation sites (N-methyl/N-ethyl adjacent to an activating group) is 1. The van der Waals surface area contributed by atoms with E-state index in [0.29, 0.717) is 6.04 Å². The van der Waals surface area contributed by atoms with Crippen LogP contribution in [0.15, 0.2) is 0 Å². The summed E-state index contributed by atoms with van der Waals surface area (Å²) in [5.74, 6) is 0. The van der Waals surface area contributed by atoms with Gasteiger partial charge in [0.1, 0.15) is 0 Å². The molecule has 0 spiro atoms. The maximum Gasteiger partial charge on any atom is 0.0575 e. The maximum atomic E-state index is 5.01. The Bertz CT molecular complexity index is 91.6. The molecule has 1 atom stereocenters. The second-order valence-electron chi connectivity index (χ2n) is 2.79. The Morgan fingerprint density at radius 3 is 3.00 bits per heavy atom. The zero-order valence-electron chi connectivity index (χ0n) is 6.76. The summed E-state index contributed by atoms with van der Waals surface area (Å²) in [6, 6.07) is 0.643. The van der Waals surface area contributed by atoms with Crippen molar-refractivity contribution >= 4 is 0 Å². The van der Waals surface area contributed by atoms with Gasteiger partial charge in [-0.2, -0.15) is 5.06 Å². The Hall–Kier alpha value is -0.120. The maximum absolute atomic E-state index is 5.01. The van der Waals surface area contributed by atoms with Gasteiger partial charge in [-0.1, -0.05) is 0 Å². The van der Waals surface area contributed by atoms with Crippen molar-refractivity contribution in [2.45, 2.75) is 18.9 Å². The molecule has 1 aliphatic rings. The molecule has 60 valence electrons. The molecule has 1 aliphatic heterocycles. The summed E-state index contributed by atoms with van der Waals surface area (Å²) in [6.45, 7) is 2.17. The van der Waals surface area contributed by atoms with Crippen LogP contribution >= 0.6 is 0 Å². The van der Waals surface area contributed by atoms with E-state index in [9.17, 15) is 0 Å². The fourth-order valence-electron chi connectivity index (χ4n) is 1.30. The van der Waals surface area contributed by atoms with Crippen LogP contribution in [0.4, 0.5) is 0 Å². The van der Waals surface area contributed by atoms with Gasteiger partial charge in [-0.15, -0.1) is 0 Å². The number of nitrogens with zero attached hydrogens (tertiary/aromatic N) is 1. The Labute approximate surface area is 62.3 Å². The quantitative estimate of drug-likeness (QED) is 0.574. The molecular formula is C7H16N2O. The average Bonchev–Trinajstić information content (AvgIpc) is 2.40. The molecule has 1 rings (SSSR count). The highest BCUT2D eigenvalue weighted by molar-refractivity contribution is 4.74. The van der Waals surface area contributed by atoms with E-state index in [4.69, 9.17) is 4.84 Å². The predicted octanol–water partition coefficient (Wildman–Crippen LogP) is 0.232. The van der Waals surface area contributed by atoms with Crippen LogP contribution in [0.3, 0.4) is 0 Å². The van der Waals surface area contributed by atoms with Gasteiger partial charge in [0.15, 0.2) is 0 Å². The first-order valence-electron chi connectivity index (χ1n) is 3.81. The molecule has 0 aliphatic carbocycles. The third-order valence-corrected chi connectivity index (χ3v) is 1.95. The molecule has 0 bridgehead atoms. The van der Waals surface area contributed by atoms with Gasteiger partial charge in [0.2, 0.25) is 0 Å². The first kappa shape index (κ1) is 7.98. The van der Waals surface area contributed by atoms with E-state index in [1.165, 1.54) is 19.4 Å². The van der Waals surface area contributed by atoms with Crippen LogP contribution in [0.25, 0.3) is 0 Å². The second kappa shape index (κ2) is 3.91. The van der Waals surface area contributed by atoms with E-state index in [-0.39, 0.29) is 0 Å². The predicted molar refractivity (Wildman–Crippen MR) is 40.7 cm³/mol. The third kappa shape index (κ3) is 2.25. The van der Waals surface area contributed by atoms with Crippen molar-refractivity contribution in [3.05, 3.63) is 0 Å². The molecule has 3 nitrogen and oxygen atoms in total. The van der Waals surface area contributed by atoms with Crippen LogP contribution in [0.1, 0.15) is 12.8 Å². The molecule has 1 N–H and O–H groups in total.